The summed E-state index contributed by atoms with van der Waals surface area (Å²) in [5.74, 6) is 0.0436. The van der Waals surface area contributed by atoms with E-state index >= 15 is 0 Å². The number of aryl methyl sites for hydroxylation is 1. The Bertz CT molecular complexity index is 1720. The number of carbonyl (C=O) groups excluding carboxylic acids is 1. The molecule has 2 N–H and O–H groups in total. The van der Waals surface area contributed by atoms with Crippen molar-refractivity contribution in [2.75, 3.05) is 10.0 Å². The Labute approximate surface area is 192 Å². The molecule has 11 heteroatoms. The molecule has 0 unspecified atom stereocenters. The van der Waals surface area contributed by atoms with Gasteiger partial charge in [-0.25, -0.2) is 13.4 Å². The second-order valence-electron chi connectivity index (χ2n) is 7.46. The molecule has 3 heterocycles. The highest BCUT2D eigenvalue weighted by Crippen LogP contribution is 2.19. The van der Waals surface area contributed by atoms with Gasteiger partial charge in [0.2, 0.25) is 0 Å². The van der Waals surface area contributed by atoms with E-state index in [1.54, 1.807) is 49.5 Å². The summed E-state index contributed by atoms with van der Waals surface area (Å²) in [6, 6.07) is 17.1. The lowest BCUT2D eigenvalue weighted by Gasteiger charge is -2.10. The van der Waals surface area contributed by atoms with Crippen LogP contribution in [0.2, 0.25) is 0 Å². The maximum atomic E-state index is 13.0. The number of nitrogens with zero attached hydrogens (tertiary/aromatic N) is 3. The van der Waals surface area contributed by atoms with Crippen LogP contribution in [0.15, 0.2) is 87.1 Å². The van der Waals surface area contributed by atoms with Gasteiger partial charge in [-0.2, -0.15) is 0 Å². The first-order valence-electron chi connectivity index (χ1n) is 10.1. The first-order valence-corrected chi connectivity index (χ1v) is 11.6. The highest BCUT2D eigenvalue weighted by atomic mass is 32.2. The molecule has 0 spiro atoms. The first kappa shape index (κ1) is 21.3. The molecule has 0 aliphatic carbocycles. The maximum absolute atomic E-state index is 13.0. The molecule has 0 saturated carbocycles. The summed E-state index contributed by atoms with van der Waals surface area (Å²) in [7, 11) is -3.89. The number of fused-ring (bicyclic) bond motifs is 2. The second-order valence-corrected chi connectivity index (χ2v) is 9.14. The van der Waals surface area contributed by atoms with Crippen molar-refractivity contribution in [3.63, 3.8) is 0 Å². The molecule has 1 amide bonds. The molecule has 0 fully saturated rings. The number of anilines is 2. The standard InChI is InChI=1S/C23H17N5O5S/c1-14-13-20(26-33-14)27-34(31,32)16-10-8-15(9-11-16)24-22(29)18-6-4-12-28-21(18)25-19-7-3-2-5-17(19)23(28)30/h2-13H,1H3,(H,24,29)(H,26,27). The Morgan fingerprint density at radius 1 is 1.03 bits per heavy atom. The summed E-state index contributed by atoms with van der Waals surface area (Å²) < 4.78 is 33.6. The van der Waals surface area contributed by atoms with Crippen LogP contribution < -0.4 is 15.6 Å². The SMILES string of the molecule is Cc1cc(NS(=O)(=O)c2ccc(NC(=O)c3cccn4c(=O)c5ccccc5nc34)cc2)no1. The zero-order valence-electron chi connectivity index (χ0n) is 17.7. The number of para-hydroxylation sites is 1. The molecule has 5 aromatic rings. The molecular weight excluding hydrogens is 458 g/mol. The summed E-state index contributed by atoms with van der Waals surface area (Å²) >= 11 is 0. The lowest BCUT2D eigenvalue weighted by atomic mass is 10.2. The normalized spacial score (nSPS) is 11.6. The monoisotopic (exact) mass is 475 g/mol. The smallest absolute Gasteiger partial charge is 0.265 e. The number of benzene rings is 2. The van der Waals surface area contributed by atoms with E-state index in [2.05, 4.69) is 20.2 Å². The molecule has 10 nitrogen and oxygen atoms in total. The zero-order chi connectivity index (χ0) is 23.9. The van der Waals surface area contributed by atoms with Gasteiger partial charge in [0.15, 0.2) is 11.5 Å². The Morgan fingerprint density at radius 3 is 2.53 bits per heavy atom. The van der Waals surface area contributed by atoms with E-state index in [4.69, 9.17) is 4.52 Å². The van der Waals surface area contributed by atoms with Crippen LogP contribution in [0.4, 0.5) is 11.5 Å². The number of hydrogen-bond acceptors (Lipinski definition) is 7. The van der Waals surface area contributed by atoms with E-state index in [-0.39, 0.29) is 27.5 Å². The van der Waals surface area contributed by atoms with Crippen molar-refractivity contribution in [2.45, 2.75) is 11.8 Å². The third-order valence-corrected chi connectivity index (χ3v) is 6.45. The summed E-state index contributed by atoms with van der Waals surface area (Å²) in [5, 5.41) is 6.78. The lowest BCUT2D eigenvalue weighted by molar-refractivity contribution is 0.102. The van der Waals surface area contributed by atoms with Gasteiger partial charge in [-0.3, -0.25) is 18.7 Å². The number of pyridine rings is 1. The van der Waals surface area contributed by atoms with E-state index in [1.165, 1.54) is 34.7 Å². The third kappa shape index (κ3) is 3.88. The minimum Gasteiger partial charge on any atom is -0.360 e. The van der Waals surface area contributed by atoms with Crippen molar-refractivity contribution in [1.82, 2.24) is 14.5 Å². The highest BCUT2D eigenvalue weighted by Gasteiger charge is 2.18. The molecular formula is C23H17N5O5S. The van der Waals surface area contributed by atoms with Gasteiger partial charge >= 0.3 is 0 Å². The van der Waals surface area contributed by atoms with Crippen molar-refractivity contribution in [3.05, 3.63) is 94.6 Å². The molecule has 3 aromatic heterocycles. The van der Waals surface area contributed by atoms with Crippen molar-refractivity contribution in [1.29, 1.82) is 0 Å². The largest absolute Gasteiger partial charge is 0.360 e. The summed E-state index contributed by atoms with van der Waals surface area (Å²) in [4.78, 5) is 30.3. The van der Waals surface area contributed by atoms with Crippen LogP contribution in [-0.4, -0.2) is 28.9 Å². The van der Waals surface area contributed by atoms with E-state index in [0.717, 1.165) is 0 Å². The first-order chi connectivity index (χ1) is 16.3. The molecule has 2 aromatic carbocycles. The number of rotatable bonds is 5. The number of aromatic nitrogens is 3. The molecule has 5 rings (SSSR count). The van der Waals surface area contributed by atoms with Gasteiger partial charge in [0, 0.05) is 18.0 Å². The van der Waals surface area contributed by atoms with Crippen molar-refractivity contribution in [3.8, 4) is 0 Å². The Morgan fingerprint density at radius 2 is 1.79 bits per heavy atom. The third-order valence-electron chi connectivity index (χ3n) is 5.08. The molecule has 0 saturated heterocycles. The van der Waals surface area contributed by atoms with Crippen molar-refractivity contribution < 1.29 is 17.7 Å². The molecule has 0 aliphatic heterocycles. The summed E-state index contributed by atoms with van der Waals surface area (Å²) in [5.41, 5.74) is 0.989. The fourth-order valence-electron chi connectivity index (χ4n) is 3.48. The van der Waals surface area contributed by atoms with Gasteiger partial charge < -0.3 is 9.84 Å². The average molecular weight is 475 g/mol. The minimum absolute atomic E-state index is 0.0176. The predicted molar refractivity (Wildman–Crippen MR) is 125 cm³/mol. The van der Waals surface area contributed by atoms with E-state index in [1.807, 2.05) is 0 Å². The lowest BCUT2D eigenvalue weighted by Crippen LogP contribution is -2.20. The van der Waals surface area contributed by atoms with Crippen LogP contribution in [0.1, 0.15) is 16.1 Å². The van der Waals surface area contributed by atoms with Gasteiger partial charge in [-0.05, 0) is 55.5 Å². The Hall–Kier alpha value is -4.51. The van der Waals surface area contributed by atoms with Gasteiger partial charge in [0.1, 0.15) is 5.76 Å². The second kappa shape index (κ2) is 8.12. The maximum Gasteiger partial charge on any atom is 0.265 e. The fraction of sp³-hybridized carbons (Fsp3) is 0.0435. The van der Waals surface area contributed by atoms with Gasteiger partial charge in [-0.1, -0.05) is 17.3 Å². The molecule has 0 aliphatic rings. The molecule has 170 valence electrons. The highest BCUT2D eigenvalue weighted by molar-refractivity contribution is 7.92. The van der Waals surface area contributed by atoms with Crippen LogP contribution in [0.5, 0.6) is 0 Å². The summed E-state index contributed by atoms with van der Waals surface area (Å²) in [6.45, 7) is 1.65. The number of carbonyl (C=O) groups is 1. The predicted octanol–water partition coefficient (Wildman–Crippen LogP) is 3.20. The quantitative estimate of drug-likeness (QED) is 0.373. The average Bonchev–Trinajstić information content (AvgIpc) is 3.23. The number of hydrogen-bond donors (Lipinski definition) is 2. The van der Waals surface area contributed by atoms with Crippen LogP contribution in [0.25, 0.3) is 16.6 Å². The van der Waals surface area contributed by atoms with Crippen LogP contribution >= 0.6 is 0 Å². The molecule has 0 bridgehead atoms. The van der Waals surface area contributed by atoms with E-state index < -0.39 is 15.9 Å². The van der Waals surface area contributed by atoms with Crippen LogP contribution in [0, 0.1) is 6.92 Å². The molecule has 0 radical (unpaired) electrons. The van der Waals surface area contributed by atoms with Crippen LogP contribution in [0.3, 0.4) is 0 Å². The zero-order valence-corrected chi connectivity index (χ0v) is 18.5. The van der Waals surface area contributed by atoms with Crippen molar-refractivity contribution in [2.24, 2.45) is 0 Å². The van der Waals surface area contributed by atoms with Gasteiger partial charge in [0.05, 0.1) is 21.4 Å². The summed E-state index contributed by atoms with van der Waals surface area (Å²) in [6.07, 6.45) is 1.55. The molecule has 34 heavy (non-hydrogen) atoms. The number of nitrogens with one attached hydrogen (secondary N) is 2. The Balaban J connectivity index is 1.42. The van der Waals surface area contributed by atoms with Crippen LogP contribution in [-0.2, 0) is 10.0 Å². The fourth-order valence-corrected chi connectivity index (χ4v) is 4.46. The number of amides is 1. The van der Waals surface area contributed by atoms with E-state index in [0.29, 0.717) is 22.4 Å². The minimum atomic E-state index is -3.89. The van der Waals surface area contributed by atoms with E-state index in [9.17, 15) is 18.0 Å². The van der Waals surface area contributed by atoms with Gasteiger partial charge in [0.25, 0.3) is 21.5 Å². The number of sulfonamides is 1. The topological polar surface area (TPSA) is 136 Å². The van der Waals surface area contributed by atoms with Gasteiger partial charge in [-0.15, -0.1) is 0 Å². The van der Waals surface area contributed by atoms with Crippen molar-refractivity contribution >= 4 is 44.0 Å². The Kier molecular flexibility index (Phi) is 5.10. The molecule has 0 atom stereocenters.